The van der Waals surface area contributed by atoms with E-state index in [1.165, 1.54) is 6.92 Å². The average Bonchev–Trinajstić information content (AvgIpc) is 2.92. The first-order valence-corrected chi connectivity index (χ1v) is 6.74. The molecule has 5 heteroatoms. The summed E-state index contributed by atoms with van der Waals surface area (Å²) in [5, 5.41) is 2.82. The zero-order valence-electron chi connectivity index (χ0n) is 11.3. The first-order chi connectivity index (χ1) is 9.72. The summed E-state index contributed by atoms with van der Waals surface area (Å²) in [4.78, 5) is 18.4. The highest BCUT2D eigenvalue weighted by Crippen LogP contribution is 2.37. The Morgan fingerprint density at radius 3 is 3.20 bits per heavy atom. The summed E-state index contributed by atoms with van der Waals surface area (Å²) in [5.74, 6) is 1.21. The number of fused-ring (bicyclic) bond motifs is 1. The van der Waals surface area contributed by atoms with Crippen molar-refractivity contribution in [2.45, 2.75) is 25.7 Å². The Hall–Kier alpha value is -2.30. The number of ether oxygens (including phenoxy) is 1. The first-order valence-electron chi connectivity index (χ1n) is 6.74. The van der Waals surface area contributed by atoms with E-state index in [0.29, 0.717) is 5.92 Å². The molecule has 1 aromatic carbocycles. The van der Waals surface area contributed by atoms with Gasteiger partial charge in [-0.1, -0.05) is 0 Å². The maximum atomic E-state index is 11.2. The number of carbonyl (C=O) groups excluding carboxylic acids is 1. The van der Waals surface area contributed by atoms with Crippen LogP contribution in [0.2, 0.25) is 0 Å². The highest BCUT2D eigenvalue weighted by Gasteiger charge is 2.22. The van der Waals surface area contributed by atoms with E-state index in [-0.39, 0.29) is 5.91 Å². The molecular weight excluding hydrogens is 254 g/mol. The number of aromatic amines is 1. The van der Waals surface area contributed by atoms with Crippen LogP contribution in [0.25, 0.3) is 0 Å². The van der Waals surface area contributed by atoms with Gasteiger partial charge in [-0.05, 0) is 42.5 Å². The van der Waals surface area contributed by atoms with Gasteiger partial charge in [-0.25, -0.2) is 4.98 Å². The van der Waals surface area contributed by atoms with Gasteiger partial charge in [-0.15, -0.1) is 0 Å². The van der Waals surface area contributed by atoms with Crippen LogP contribution in [0.3, 0.4) is 0 Å². The number of nitrogens with one attached hydrogen (secondary N) is 2. The number of hydrogen-bond acceptors (Lipinski definition) is 3. The zero-order chi connectivity index (χ0) is 13.9. The monoisotopic (exact) mass is 271 g/mol. The fraction of sp³-hybridized carbons (Fsp3) is 0.333. The SMILES string of the molecule is CC(=O)Nc1ccc2c(c1)C(Cc1c[nH]cn1)CCO2. The van der Waals surface area contributed by atoms with Gasteiger partial charge in [-0.3, -0.25) is 4.79 Å². The summed E-state index contributed by atoms with van der Waals surface area (Å²) in [7, 11) is 0. The smallest absolute Gasteiger partial charge is 0.221 e. The van der Waals surface area contributed by atoms with E-state index in [2.05, 4.69) is 15.3 Å². The van der Waals surface area contributed by atoms with Crippen molar-refractivity contribution in [3.05, 3.63) is 42.0 Å². The molecule has 0 aliphatic carbocycles. The molecule has 0 fully saturated rings. The summed E-state index contributed by atoms with van der Waals surface area (Å²) in [6, 6.07) is 5.81. The minimum Gasteiger partial charge on any atom is -0.493 e. The second kappa shape index (κ2) is 5.36. The largest absolute Gasteiger partial charge is 0.493 e. The number of imidazole rings is 1. The third kappa shape index (κ3) is 2.66. The van der Waals surface area contributed by atoms with E-state index in [4.69, 9.17) is 4.74 Å². The second-order valence-electron chi connectivity index (χ2n) is 5.03. The van der Waals surface area contributed by atoms with Crippen LogP contribution in [-0.2, 0) is 11.2 Å². The fourth-order valence-electron chi connectivity index (χ4n) is 2.61. The van der Waals surface area contributed by atoms with E-state index in [1.807, 2.05) is 24.4 Å². The van der Waals surface area contributed by atoms with Crippen LogP contribution in [0.15, 0.2) is 30.7 Å². The summed E-state index contributed by atoms with van der Waals surface area (Å²) in [5.41, 5.74) is 3.01. The molecule has 2 heterocycles. The second-order valence-corrected chi connectivity index (χ2v) is 5.03. The van der Waals surface area contributed by atoms with Gasteiger partial charge in [0, 0.05) is 18.8 Å². The minimum absolute atomic E-state index is 0.0643. The predicted molar refractivity (Wildman–Crippen MR) is 75.9 cm³/mol. The molecule has 0 saturated carbocycles. The molecule has 2 N–H and O–H groups in total. The first kappa shape index (κ1) is 12.7. The van der Waals surface area contributed by atoms with Crippen molar-refractivity contribution in [3.8, 4) is 5.75 Å². The van der Waals surface area contributed by atoms with Crippen LogP contribution in [0.1, 0.15) is 30.5 Å². The molecule has 104 valence electrons. The van der Waals surface area contributed by atoms with Crippen LogP contribution >= 0.6 is 0 Å². The Labute approximate surface area is 117 Å². The molecule has 1 amide bonds. The lowest BCUT2D eigenvalue weighted by molar-refractivity contribution is -0.114. The van der Waals surface area contributed by atoms with E-state index in [0.717, 1.165) is 42.1 Å². The number of carbonyl (C=O) groups is 1. The molecule has 1 unspecified atom stereocenters. The Morgan fingerprint density at radius 2 is 2.45 bits per heavy atom. The van der Waals surface area contributed by atoms with Gasteiger partial charge >= 0.3 is 0 Å². The van der Waals surface area contributed by atoms with Gasteiger partial charge in [0.25, 0.3) is 0 Å². The molecule has 1 aliphatic heterocycles. The van der Waals surface area contributed by atoms with Gasteiger partial charge in [-0.2, -0.15) is 0 Å². The van der Waals surface area contributed by atoms with Crippen molar-refractivity contribution in [2.75, 3.05) is 11.9 Å². The van der Waals surface area contributed by atoms with Crippen LogP contribution in [0.5, 0.6) is 5.75 Å². The number of rotatable bonds is 3. The molecule has 0 radical (unpaired) electrons. The number of nitrogens with zero attached hydrogens (tertiary/aromatic N) is 1. The molecule has 3 rings (SSSR count). The lowest BCUT2D eigenvalue weighted by Crippen LogP contribution is -2.17. The molecular formula is C15H17N3O2. The highest BCUT2D eigenvalue weighted by atomic mass is 16.5. The van der Waals surface area contributed by atoms with E-state index >= 15 is 0 Å². The molecule has 0 saturated heterocycles. The van der Waals surface area contributed by atoms with Gasteiger partial charge in [0.2, 0.25) is 5.91 Å². The quantitative estimate of drug-likeness (QED) is 0.901. The summed E-state index contributed by atoms with van der Waals surface area (Å²) < 4.78 is 5.69. The Balaban J connectivity index is 1.87. The number of hydrogen-bond donors (Lipinski definition) is 2. The molecule has 1 aromatic heterocycles. The van der Waals surface area contributed by atoms with Gasteiger partial charge in [0.1, 0.15) is 5.75 Å². The Bertz CT molecular complexity index is 608. The molecule has 5 nitrogen and oxygen atoms in total. The number of aromatic nitrogens is 2. The van der Waals surface area contributed by atoms with E-state index in [1.54, 1.807) is 6.33 Å². The third-order valence-corrected chi connectivity index (χ3v) is 3.50. The van der Waals surface area contributed by atoms with Crippen molar-refractivity contribution in [1.82, 2.24) is 9.97 Å². The fourth-order valence-corrected chi connectivity index (χ4v) is 2.61. The number of benzene rings is 1. The zero-order valence-corrected chi connectivity index (χ0v) is 11.3. The van der Waals surface area contributed by atoms with Crippen molar-refractivity contribution < 1.29 is 9.53 Å². The topological polar surface area (TPSA) is 67.0 Å². The molecule has 0 bridgehead atoms. The lowest BCUT2D eigenvalue weighted by Gasteiger charge is -2.26. The highest BCUT2D eigenvalue weighted by molar-refractivity contribution is 5.88. The lowest BCUT2D eigenvalue weighted by atomic mass is 9.89. The minimum atomic E-state index is -0.0643. The average molecular weight is 271 g/mol. The van der Waals surface area contributed by atoms with Crippen molar-refractivity contribution in [3.63, 3.8) is 0 Å². The maximum absolute atomic E-state index is 11.2. The van der Waals surface area contributed by atoms with Crippen LogP contribution in [0, 0.1) is 0 Å². The third-order valence-electron chi connectivity index (χ3n) is 3.50. The van der Waals surface area contributed by atoms with E-state index in [9.17, 15) is 4.79 Å². The molecule has 1 atom stereocenters. The van der Waals surface area contributed by atoms with Crippen molar-refractivity contribution in [1.29, 1.82) is 0 Å². The van der Waals surface area contributed by atoms with Crippen LogP contribution in [0.4, 0.5) is 5.69 Å². The standard InChI is InChI=1S/C15H17N3O2/c1-10(19)18-12-2-3-15-14(7-12)11(4-5-20-15)6-13-8-16-9-17-13/h2-3,7-9,11H,4-6H2,1H3,(H,16,17)(H,18,19). The summed E-state index contributed by atoms with van der Waals surface area (Å²) in [6.07, 6.45) is 5.46. The summed E-state index contributed by atoms with van der Waals surface area (Å²) in [6.45, 7) is 2.23. The number of amides is 1. The molecule has 1 aliphatic rings. The van der Waals surface area contributed by atoms with Crippen molar-refractivity contribution >= 4 is 11.6 Å². The molecule has 20 heavy (non-hydrogen) atoms. The van der Waals surface area contributed by atoms with Crippen LogP contribution in [-0.4, -0.2) is 22.5 Å². The molecule has 2 aromatic rings. The van der Waals surface area contributed by atoms with E-state index < -0.39 is 0 Å². The normalized spacial score (nSPS) is 17.1. The van der Waals surface area contributed by atoms with Gasteiger partial charge in [0.15, 0.2) is 0 Å². The Morgan fingerprint density at radius 1 is 1.55 bits per heavy atom. The number of H-pyrrole nitrogens is 1. The van der Waals surface area contributed by atoms with Crippen LogP contribution < -0.4 is 10.1 Å². The van der Waals surface area contributed by atoms with Crippen molar-refractivity contribution in [2.24, 2.45) is 0 Å². The maximum Gasteiger partial charge on any atom is 0.221 e. The Kier molecular flexibility index (Phi) is 3.41. The predicted octanol–water partition coefficient (Wildman–Crippen LogP) is 2.48. The molecule has 0 spiro atoms. The number of anilines is 1. The van der Waals surface area contributed by atoms with Gasteiger partial charge in [0.05, 0.1) is 18.6 Å². The summed E-state index contributed by atoms with van der Waals surface area (Å²) >= 11 is 0. The van der Waals surface area contributed by atoms with Gasteiger partial charge < -0.3 is 15.0 Å².